The Morgan fingerprint density at radius 1 is 0.923 bits per heavy atom. The van der Waals surface area contributed by atoms with Gasteiger partial charge < -0.3 is 20.7 Å². The first-order valence-corrected chi connectivity index (χ1v) is 8.11. The van der Waals surface area contributed by atoms with E-state index in [-0.39, 0.29) is 0 Å². The zero-order valence-corrected chi connectivity index (χ0v) is 14.4. The van der Waals surface area contributed by atoms with Gasteiger partial charge in [0.2, 0.25) is 0 Å². The summed E-state index contributed by atoms with van der Waals surface area (Å²) in [5, 5.41) is 15.6. The molecule has 0 unspecified atom stereocenters. The lowest BCUT2D eigenvalue weighted by molar-refractivity contribution is -0.134. The molecule has 0 aromatic heterocycles. The minimum atomic E-state index is -1.26. The number of nitrogens with two attached hydrogens (primary N) is 1. The number of rotatable bonds is 8. The Morgan fingerprint density at radius 3 is 2.08 bits per heavy atom. The Bertz CT molecular complexity index is 697. The third-order valence-electron chi connectivity index (χ3n) is 3.18. The molecule has 0 heterocycles. The van der Waals surface area contributed by atoms with Gasteiger partial charge in [0.15, 0.2) is 0 Å². The van der Waals surface area contributed by atoms with E-state index >= 15 is 0 Å². The van der Waals surface area contributed by atoms with Gasteiger partial charge >= 0.3 is 11.9 Å². The fourth-order valence-corrected chi connectivity index (χ4v) is 2.01. The number of carboxylic acid groups (broad SMARTS) is 2. The minimum absolute atomic E-state index is 0.558. The van der Waals surface area contributed by atoms with Gasteiger partial charge in [-0.3, -0.25) is 0 Å². The fourth-order valence-electron chi connectivity index (χ4n) is 2.01. The lowest BCUT2D eigenvalue weighted by atomic mass is 10.0. The van der Waals surface area contributed by atoms with Crippen LogP contribution in [0.15, 0.2) is 66.7 Å². The van der Waals surface area contributed by atoms with E-state index in [0.29, 0.717) is 25.3 Å². The van der Waals surface area contributed by atoms with Crippen LogP contribution in [0.25, 0.3) is 0 Å². The van der Waals surface area contributed by atoms with Gasteiger partial charge in [-0.2, -0.15) is 0 Å². The smallest absolute Gasteiger partial charge is 0.328 e. The zero-order valence-electron chi connectivity index (χ0n) is 14.4. The number of aliphatic carboxylic acids is 2. The van der Waals surface area contributed by atoms with Gasteiger partial charge in [-0.25, -0.2) is 9.59 Å². The van der Waals surface area contributed by atoms with E-state index in [0.717, 1.165) is 18.6 Å². The quantitative estimate of drug-likeness (QED) is 0.495. The molecule has 0 fully saturated rings. The van der Waals surface area contributed by atoms with E-state index in [1.165, 1.54) is 11.1 Å². The van der Waals surface area contributed by atoms with Gasteiger partial charge in [-0.15, -0.1) is 0 Å². The number of hydrogen-bond donors (Lipinski definition) is 3. The van der Waals surface area contributed by atoms with Crippen LogP contribution >= 0.6 is 0 Å². The highest BCUT2D eigenvalue weighted by Crippen LogP contribution is 2.21. The predicted molar refractivity (Wildman–Crippen MR) is 99.3 cm³/mol. The van der Waals surface area contributed by atoms with Crippen molar-refractivity contribution in [3.63, 3.8) is 0 Å². The number of hydrogen-bond acceptors (Lipinski definition) is 4. The van der Waals surface area contributed by atoms with Gasteiger partial charge in [-0.05, 0) is 30.2 Å². The molecule has 0 radical (unpaired) electrons. The van der Waals surface area contributed by atoms with Crippen LogP contribution in [0.2, 0.25) is 0 Å². The van der Waals surface area contributed by atoms with Gasteiger partial charge in [0.25, 0.3) is 0 Å². The molecule has 0 spiro atoms. The van der Waals surface area contributed by atoms with Gasteiger partial charge in [0, 0.05) is 18.6 Å². The summed E-state index contributed by atoms with van der Waals surface area (Å²) in [6.07, 6.45) is 2.91. The Hall–Kier alpha value is -3.12. The Balaban J connectivity index is 0.000000359. The normalized spacial score (nSPS) is 10.0. The Kier molecular flexibility index (Phi) is 9.88. The summed E-state index contributed by atoms with van der Waals surface area (Å²) in [6, 6.07) is 18.6. The van der Waals surface area contributed by atoms with Crippen molar-refractivity contribution in [2.45, 2.75) is 12.8 Å². The highest BCUT2D eigenvalue weighted by Gasteiger charge is 2.03. The maximum absolute atomic E-state index is 9.55. The molecule has 0 atom stereocenters. The van der Waals surface area contributed by atoms with Gasteiger partial charge in [-0.1, -0.05) is 48.5 Å². The topological polar surface area (TPSA) is 110 Å². The molecular formula is C20H23NO5. The van der Waals surface area contributed by atoms with Crippen LogP contribution in [0.3, 0.4) is 0 Å². The van der Waals surface area contributed by atoms with Crippen LogP contribution in [0.5, 0.6) is 5.75 Å². The molecule has 6 nitrogen and oxygen atoms in total. The highest BCUT2D eigenvalue weighted by molar-refractivity contribution is 5.89. The molecular weight excluding hydrogens is 334 g/mol. The van der Waals surface area contributed by atoms with Crippen molar-refractivity contribution in [3.8, 4) is 5.75 Å². The van der Waals surface area contributed by atoms with E-state index in [9.17, 15) is 9.59 Å². The van der Waals surface area contributed by atoms with Crippen LogP contribution in [0, 0.1) is 0 Å². The second-order valence-electron chi connectivity index (χ2n) is 5.27. The van der Waals surface area contributed by atoms with Crippen molar-refractivity contribution in [2.75, 3.05) is 13.2 Å². The van der Waals surface area contributed by atoms with E-state index in [1.54, 1.807) is 0 Å². The van der Waals surface area contributed by atoms with E-state index in [1.807, 2.05) is 24.3 Å². The standard InChI is InChI=1S/C16H19NO.C4H4O4/c17-11-6-12-18-16-10-5-4-9-15(16)13-14-7-2-1-3-8-14;5-3(6)1-2-4(7)8/h1-5,7-10H,6,11-13,17H2;1-2H,(H,5,6)(H,7,8)/b;2-1+. The molecule has 2 aromatic rings. The molecule has 26 heavy (non-hydrogen) atoms. The van der Waals surface area contributed by atoms with Crippen molar-refractivity contribution in [3.05, 3.63) is 77.9 Å². The Labute approximate surface area is 152 Å². The van der Waals surface area contributed by atoms with Crippen molar-refractivity contribution >= 4 is 11.9 Å². The molecule has 0 saturated heterocycles. The van der Waals surface area contributed by atoms with Gasteiger partial charge in [0.05, 0.1) is 6.61 Å². The van der Waals surface area contributed by atoms with Gasteiger partial charge in [0.1, 0.15) is 5.75 Å². The number of ether oxygens (including phenoxy) is 1. The first-order valence-electron chi connectivity index (χ1n) is 8.11. The van der Waals surface area contributed by atoms with Crippen molar-refractivity contribution in [2.24, 2.45) is 5.73 Å². The molecule has 0 aliphatic heterocycles. The third-order valence-corrected chi connectivity index (χ3v) is 3.18. The minimum Gasteiger partial charge on any atom is -0.493 e. The molecule has 4 N–H and O–H groups in total. The summed E-state index contributed by atoms with van der Waals surface area (Å²) in [6.45, 7) is 1.35. The van der Waals surface area contributed by atoms with Crippen LogP contribution in [0.1, 0.15) is 17.5 Å². The second kappa shape index (κ2) is 12.3. The molecule has 0 saturated carbocycles. The van der Waals surface area contributed by atoms with Crippen molar-refractivity contribution in [1.82, 2.24) is 0 Å². The average molecular weight is 357 g/mol. The lowest BCUT2D eigenvalue weighted by Crippen LogP contribution is -2.07. The van der Waals surface area contributed by atoms with Crippen LogP contribution in [-0.2, 0) is 16.0 Å². The summed E-state index contributed by atoms with van der Waals surface area (Å²) in [4.78, 5) is 19.1. The molecule has 0 aliphatic carbocycles. The summed E-state index contributed by atoms with van der Waals surface area (Å²) in [7, 11) is 0. The predicted octanol–water partition coefficient (Wildman–Crippen LogP) is 2.72. The highest BCUT2D eigenvalue weighted by atomic mass is 16.5. The second-order valence-corrected chi connectivity index (χ2v) is 5.27. The van der Waals surface area contributed by atoms with E-state index in [2.05, 4.69) is 30.3 Å². The number of para-hydroxylation sites is 1. The van der Waals surface area contributed by atoms with Crippen molar-refractivity contribution < 1.29 is 24.5 Å². The molecule has 2 rings (SSSR count). The number of benzene rings is 2. The van der Waals surface area contributed by atoms with Crippen LogP contribution in [-0.4, -0.2) is 35.3 Å². The first-order chi connectivity index (χ1) is 12.5. The van der Waals surface area contributed by atoms with Crippen LogP contribution in [0.4, 0.5) is 0 Å². The fraction of sp³-hybridized carbons (Fsp3) is 0.200. The van der Waals surface area contributed by atoms with Crippen LogP contribution < -0.4 is 10.5 Å². The third kappa shape index (κ3) is 9.24. The molecule has 2 aromatic carbocycles. The number of carboxylic acids is 2. The van der Waals surface area contributed by atoms with Crippen molar-refractivity contribution in [1.29, 1.82) is 0 Å². The van der Waals surface area contributed by atoms with E-state index < -0.39 is 11.9 Å². The summed E-state index contributed by atoms with van der Waals surface area (Å²) in [5.41, 5.74) is 8.00. The average Bonchev–Trinajstić information content (AvgIpc) is 2.63. The van der Waals surface area contributed by atoms with E-state index in [4.69, 9.17) is 20.7 Å². The molecule has 6 heteroatoms. The SMILES string of the molecule is NCCCOc1ccccc1Cc1ccccc1.O=C(O)/C=C/C(=O)O. The molecule has 0 bridgehead atoms. The maximum Gasteiger partial charge on any atom is 0.328 e. The Morgan fingerprint density at radius 2 is 1.50 bits per heavy atom. The molecule has 0 aliphatic rings. The first kappa shape index (κ1) is 20.9. The monoisotopic (exact) mass is 357 g/mol. The number of carbonyl (C=O) groups is 2. The largest absolute Gasteiger partial charge is 0.493 e. The molecule has 0 amide bonds. The summed E-state index contributed by atoms with van der Waals surface area (Å²) >= 11 is 0. The zero-order chi connectivity index (χ0) is 19.2. The summed E-state index contributed by atoms with van der Waals surface area (Å²) < 4.78 is 5.77. The summed E-state index contributed by atoms with van der Waals surface area (Å²) in [5.74, 6) is -1.55. The lowest BCUT2D eigenvalue weighted by Gasteiger charge is -2.11. The molecule has 138 valence electrons. The maximum atomic E-state index is 9.55.